The van der Waals surface area contributed by atoms with Crippen LogP contribution < -0.4 is 4.90 Å². The summed E-state index contributed by atoms with van der Waals surface area (Å²) in [5.41, 5.74) is 2.27. The van der Waals surface area contributed by atoms with Gasteiger partial charge in [-0.1, -0.05) is 54.3 Å². The molecule has 0 saturated carbocycles. The summed E-state index contributed by atoms with van der Waals surface area (Å²) < 4.78 is 0.440. The molecule has 3 aromatic rings. The maximum absolute atomic E-state index is 12.8. The number of thioether (sulfide) groups is 1. The van der Waals surface area contributed by atoms with E-state index in [2.05, 4.69) is 4.98 Å². The van der Waals surface area contributed by atoms with Crippen molar-refractivity contribution in [3.63, 3.8) is 0 Å². The predicted octanol–water partition coefficient (Wildman–Crippen LogP) is 4.35. The van der Waals surface area contributed by atoms with E-state index in [4.69, 9.17) is 12.2 Å². The Labute approximate surface area is 153 Å². The van der Waals surface area contributed by atoms with Gasteiger partial charge in [0, 0.05) is 23.2 Å². The molecule has 0 radical (unpaired) electrons. The van der Waals surface area contributed by atoms with E-state index in [0.717, 1.165) is 16.5 Å². The maximum atomic E-state index is 12.8. The molecule has 0 bridgehead atoms. The number of amides is 1. The second-order valence-corrected chi connectivity index (χ2v) is 7.14. The lowest BCUT2D eigenvalue weighted by Gasteiger charge is -2.14. The molecule has 1 aliphatic heterocycles. The van der Waals surface area contributed by atoms with Crippen molar-refractivity contribution in [1.82, 2.24) is 4.98 Å². The number of benzene rings is 2. The zero-order valence-electron chi connectivity index (χ0n) is 12.9. The third-order valence-corrected chi connectivity index (χ3v) is 5.13. The molecule has 1 saturated heterocycles. The van der Waals surface area contributed by atoms with Crippen LogP contribution >= 0.6 is 24.0 Å². The lowest BCUT2D eigenvalue weighted by molar-refractivity contribution is -0.113. The zero-order chi connectivity index (χ0) is 17.4. The number of nitrogens with zero attached hydrogens (tertiary/aromatic N) is 2. The molecule has 25 heavy (non-hydrogen) atoms. The fourth-order valence-corrected chi connectivity index (χ4v) is 4.00. The number of pyridine rings is 1. The lowest BCUT2D eigenvalue weighted by atomic mass is 10.1. The van der Waals surface area contributed by atoms with Gasteiger partial charge in [-0.2, -0.15) is 0 Å². The van der Waals surface area contributed by atoms with Crippen LogP contribution in [0.5, 0.6) is 5.75 Å². The van der Waals surface area contributed by atoms with Crippen LogP contribution in [-0.4, -0.2) is 20.3 Å². The maximum Gasteiger partial charge on any atom is 0.270 e. The molecule has 4 rings (SSSR count). The van der Waals surface area contributed by atoms with Crippen LogP contribution in [-0.2, 0) is 4.79 Å². The van der Waals surface area contributed by atoms with Crippen molar-refractivity contribution in [2.24, 2.45) is 0 Å². The number of aromatic hydroxyl groups is 1. The number of rotatable bonds is 2. The Morgan fingerprint density at radius 1 is 1.12 bits per heavy atom. The third kappa shape index (κ3) is 2.90. The number of carbonyl (C=O) groups is 1. The van der Waals surface area contributed by atoms with Crippen molar-refractivity contribution in [3.05, 3.63) is 71.3 Å². The van der Waals surface area contributed by atoms with Crippen LogP contribution in [0, 0.1) is 0 Å². The number of para-hydroxylation sites is 1. The summed E-state index contributed by atoms with van der Waals surface area (Å²) in [4.78, 5) is 19.2. The van der Waals surface area contributed by atoms with Gasteiger partial charge < -0.3 is 5.11 Å². The van der Waals surface area contributed by atoms with E-state index in [1.54, 1.807) is 24.4 Å². The van der Waals surface area contributed by atoms with Gasteiger partial charge in [-0.15, -0.1) is 0 Å². The summed E-state index contributed by atoms with van der Waals surface area (Å²) >= 11 is 6.61. The number of fused-ring (bicyclic) bond motifs is 1. The van der Waals surface area contributed by atoms with Gasteiger partial charge >= 0.3 is 0 Å². The normalized spacial score (nSPS) is 16.2. The number of carbonyl (C=O) groups excluding carboxylic acids is 1. The topological polar surface area (TPSA) is 53.4 Å². The molecular formula is C19H12N2O2S2. The lowest BCUT2D eigenvalue weighted by Crippen LogP contribution is -2.27. The highest BCUT2D eigenvalue weighted by Crippen LogP contribution is 2.37. The van der Waals surface area contributed by atoms with E-state index in [0.29, 0.717) is 14.9 Å². The first-order chi connectivity index (χ1) is 12.1. The summed E-state index contributed by atoms with van der Waals surface area (Å²) in [6.07, 6.45) is 3.55. The average Bonchev–Trinajstić information content (AvgIpc) is 2.89. The van der Waals surface area contributed by atoms with Crippen molar-refractivity contribution < 1.29 is 9.90 Å². The number of phenols is 1. The average molecular weight is 364 g/mol. The quantitative estimate of drug-likeness (QED) is 0.541. The Morgan fingerprint density at radius 3 is 2.76 bits per heavy atom. The molecule has 1 fully saturated rings. The Morgan fingerprint density at radius 2 is 1.92 bits per heavy atom. The van der Waals surface area contributed by atoms with Crippen molar-refractivity contribution in [1.29, 1.82) is 0 Å². The Kier molecular flexibility index (Phi) is 3.99. The number of anilines is 1. The van der Waals surface area contributed by atoms with Crippen LogP contribution in [0.4, 0.5) is 5.69 Å². The standard InChI is InChI=1S/C19H12N2O2S2/c22-15-8-2-7-14(11-15)21-18(23)16(25-19(21)24)10-13-5-1-4-12-6-3-9-20-17(12)13/h1-11,22H/b16-10-. The van der Waals surface area contributed by atoms with Crippen LogP contribution in [0.2, 0.25) is 0 Å². The fraction of sp³-hybridized carbons (Fsp3) is 0. The minimum absolute atomic E-state index is 0.0915. The largest absolute Gasteiger partial charge is 0.508 e. The molecule has 0 spiro atoms. The first-order valence-electron chi connectivity index (χ1n) is 7.54. The zero-order valence-corrected chi connectivity index (χ0v) is 14.6. The van der Waals surface area contributed by atoms with E-state index < -0.39 is 0 Å². The molecule has 2 aromatic carbocycles. The molecule has 1 N–H and O–H groups in total. The number of hydrogen-bond donors (Lipinski definition) is 1. The predicted molar refractivity (Wildman–Crippen MR) is 106 cm³/mol. The van der Waals surface area contributed by atoms with Gasteiger partial charge in [0.25, 0.3) is 5.91 Å². The molecule has 6 heteroatoms. The number of aromatic nitrogens is 1. The van der Waals surface area contributed by atoms with Crippen molar-refractivity contribution >= 4 is 56.9 Å². The first-order valence-corrected chi connectivity index (χ1v) is 8.77. The van der Waals surface area contributed by atoms with Crippen LogP contribution in [0.1, 0.15) is 5.56 Å². The number of phenolic OH excluding ortho intramolecular Hbond substituents is 1. The van der Waals surface area contributed by atoms with Crippen LogP contribution in [0.3, 0.4) is 0 Å². The van der Waals surface area contributed by atoms with Gasteiger partial charge in [0.2, 0.25) is 0 Å². The highest BCUT2D eigenvalue weighted by molar-refractivity contribution is 8.27. The van der Waals surface area contributed by atoms with Crippen LogP contribution in [0.25, 0.3) is 17.0 Å². The smallest absolute Gasteiger partial charge is 0.270 e. The van der Waals surface area contributed by atoms with Crippen molar-refractivity contribution in [2.45, 2.75) is 0 Å². The van der Waals surface area contributed by atoms with E-state index >= 15 is 0 Å². The fourth-order valence-electron chi connectivity index (χ4n) is 2.71. The second-order valence-electron chi connectivity index (χ2n) is 5.46. The van der Waals surface area contributed by atoms with Gasteiger partial charge in [-0.05, 0) is 24.3 Å². The molecule has 0 unspecified atom stereocenters. The summed E-state index contributed by atoms with van der Waals surface area (Å²) in [5.74, 6) is -0.109. The Hall–Kier alpha value is -2.70. The van der Waals surface area contributed by atoms with E-state index in [1.807, 2.05) is 36.4 Å². The molecule has 0 atom stereocenters. The summed E-state index contributed by atoms with van der Waals surface area (Å²) in [7, 11) is 0. The molecule has 4 nitrogen and oxygen atoms in total. The molecule has 122 valence electrons. The monoisotopic (exact) mass is 364 g/mol. The molecule has 2 heterocycles. The van der Waals surface area contributed by atoms with E-state index in [9.17, 15) is 9.90 Å². The highest BCUT2D eigenvalue weighted by atomic mass is 32.2. The van der Waals surface area contributed by atoms with E-state index in [1.165, 1.54) is 22.7 Å². The first kappa shape index (κ1) is 15.8. The van der Waals surface area contributed by atoms with Crippen LogP contribution in [0.15, 0.2) is 65.7 Å². The van der Waals surface area contributed by atoms with Crippen molar-refractivity contribution in [2.75, 3.05) is 4.90 Å². The minimum Gasteiger partial charge on any atom is -0.508 e. The molecule has 0 aliphatic carbocycles. The summed E-state index contributed by atoms with van der Waals surface area (Å²) in [6.45, 7) is 0. The Bertz CT molecular complexity index is 1040. The molecule has 1 aliphatic rings. The SMILES string of the molecule is O=C1/C(=C/c2cccc3cccnc23)SC(=S)N1c1cccc(O)c1. The summed E-state index contributed by atoms with van der Waals surface area (Å²) in [6, 6.07) is 16.2. The molecule has 1 aromatic heterocycles. The second kappa shape index (κ2) is 6.31. The highest BCUT2D eigenvalue weighted by Gasteiger charge is 2.33. The molecule has 1 amide bonds. The minimum atomic E-state index is -0.200. The Balaban J connectivity index is 1.75. The van der Waals surface area contributed by atoms with Gasteiger partial charge in [0.1, 0.15) is 5.75 Å². The third-order valence-electron chi connectivity index (χ3n) is 3.83. The summed E-state index contributed by atoms with van der Waals surface area (Å²) in [5, 5.41) is 10.7. The number of hydrogen-bond acceptors (Lipinski definition) is 5. The van der Waals surface area contributed by atoms with Gasteiger partial charge in [0.15, 0.2) is 4.32 Å². The van der Waals surface area contributed by atoms with Gasteiger partial charge in [-0.3, -0.25) is 14.7 Å². The van der Waals surface area contributed by atoms with Gasteiger partial charge in [0.05, 0.1) is 16.1 Å². The van der Waals surface area contributed by atoms with E-state index in [-0.39, 0.29) is 11.7 Å². The van der Waals surface area contributed by atoms with Gasteiger partial charge in [-0.25, -0.2) is 0 Å². The number of thiocarbonyl (C=S) groups is 1. The molecular weight excluding hydrogens is 352 g/mol. The van der Waals surface area contributed by atoms with Crippen molar-refractivity contribution in [3.8, 4) is 5.75 Å².